The molecule has 0 bridgehead atoms. The second-order valence-electron chi connectivity index (χ2n) is 6.10. The Morgan fingerprint density at radius 2 is 1.33 bits per heavy atom. The average molecular weight is 442 g/mol. The molecule has 0 saturated carbocycles. The van der Waals surface area contributed by atoms with Crippen molar-refractivity contribution < 1.29 is 25.2 Å². The third kappa shape index (κ3) is 4.03. The first-order valence-corrected chi connectivity index (χ1v) is 8.67. The zero-order chi connectivity index (χ0) is 17.8. The zero-order valence-corrected chi connectivity index (χ0v) is 16.5. The van der Waals surface area contributed by atoms with Crippen molar-refractivity contribution >= 4 is 0 Å². The summed E-state index contributed by atoms with van der Waals surface area (Å²) in [4.78, 5) is 0. The first-order valence-electron chi connectivity index (χ1n) is 8.67. The van der Waals surface area contributed by atoms with Gasteiger partial charge in [-0.15, -0.1) is 35.9 Å². The molecular formula is C25H19OPd-. The molecule has 0 N–H and O–H groups in total. The van der Waals surface area contributed by atoms with Crippen molar-refractivity contribution in [3.63, 3.8) is 0 Å². The van der Waals surface area contributed by atoms with Crippen molar-refractivity contribution in [3.8, 4) is 39.1 Å². The van der Waals surface area contributed by atoms with E-state index < -0.39 is 0 Å². The van der Waals surface area contributed by atoms with Crippen LogP contribution in [0.2, 0.25) is 0 Å². The van der Waals surface area contributed by atoms with Crippen molar-refractivity contribution in [3.05, 3.63) is 103 Å². The third-order valence-corrected chi connectivity index (χ3v) is 4.53. The fourth-order valence-electron chi connectivity index (χ4n) is 3.26. The summed E-state index contributed by atoms with van der Waals surface area (Å²) in [6, 6.07) is 36.6. The maximum atomic E-state index is 5.50. The Morgan fingerprint density at radius 3 is 2.04 bits per heavy atom. The van der Waals surface area contributed by atoms with Gasteiger partial charge in [0.15, 0.2) is 0 Å². The first kappa shape index (κ1) is 19.1. The molecule has 0 spiro atoms. The summed E-state index contributed by atoms with van der Waals surface area (Å²) < 4.78 is 5.50. The largest absolute Gasteiger partial charge is 0.497 e. The maximum absolute atomic E-state index is 5.50. The minimum Gasteiger partial charge on any atom is -0.497 e. The molecule has 0 aliphatic rings. The van der Waals surface area contributed by atoms with E-state index in [0.717, 1.165) is 22.4 Å². The molecule has 4 aromatic rings. The molecule has 4 aromatic carbocycles. The quantitative estimate of drug-likeness (QED) is 0.260. The van der Waals surface area contributed by atoms with Gasteiger partial charge < -0.3 is 4.74 Å². The molecule has 0 heterocycles. The molecule has 4 rings (SSSR count). The Kier molecular flexibility index (Phi) is 6.25. The number of hydrogen-bond acceptors (Lipinski definition) is 1. The maximum Gasteiger partial charge on any atom is 0.117 e. The molecule has 27 heavy (non-hydrogen) atoms. The van der Waals surface area contributed by atoms with Crippen LogP contribution >= 0.6 is 0 Å². The number of hydrogen-bond donors (Lipinski definition) is 0. The van der Waals surface area contributed by atoms with Crippen LogP contribution < -0.4 is 4.74 Å². The molecule has 2 heteroatoms. The summed E-state index contributed by atoms with van der Waals surface area (Å²) in [5.41, 5.74) is 6.96. The van der Waals surface area contributed by atoms with Crippen LogP contribution in [0.3, 0.4) is 0 Å². The van der Waals surface area contributed by atoms with Gasteiger partial charge in [0.1, 0.15) is 5.75 Å². The summed E-state index contributed by atoms with van der Waals surface area (Å²) in [5, 5.41) is 0. The topological polar surface area (TPSA) is 9.23 Å². The van der Waals surface area contributed by atoms with Gasteiger partial charge in [-0.05, 0) is 34.4 Å². The molecule has 0 aliphatic heterocycles. The fourth-order valence-corrected chi connectivity index (χ4v) is 3.26. The fraction of sp³-hybridized carbons (Fsp3) is 0.0400. The van der Waals surface area contributed by atoms with Crippen LogP contribution in [0.4, 0.5) is 0 Å². The second kappa shape index (κ2) is 8.82. The van der Waals surface area contributed by atoms with Gasteiger partial charge in [-0.3, -0.25) is 0 Å². The third-order valence-electron chi connectivity index (χ3n) is 4.53. The van der Waals surface area contributed by atoms with E-state index in [1.165, 1.54) is 16.7 Å². The summed E-state index contributed by atoms with van der Waals surface area (Å²) in [7, 11) is 1.70. The predicted molar refractivity (Wildman–Crippen MR) is 108 cm³/mol. The van der Waals surface area contributed by atoms with Crippen LogP contribution in [0, 0.1) is 6.07 Å². The van der Waals surface area contributed by atoms with Crippen LogP contribution in [0.5, 0.6) is 5.75 Å². The van der Waals surface area contributed by atoms with Crippen LogP contribution in [0.1, 0.15) is 0 Å². The number of rotatable bonds is 4. The van der Waals surface area contributed by atoms with Crippen LogP contribution in [0.15, 0.2) is 97.1 Å². The molecule has 0 aromatic heterocycles. The van der Waals surface area contributed by atoms with Gasteiger partial charge >= 0.3 is 0 Å². The van der Waals surface area contributed by atoms with Crippen LogP contribution in [-0.2, 0) is 20.4 Å². The summed E-state index contributed by atoms with van der Waals surface area (Å²) in [6.45, 7) is 0. The van der Waals surface area contributed by atoms with Gasteiger partial charge in [-0.2, -0.15) is 0 Å². The van der Waals surface area contributed by atoms with E-state index in [-0.39, 0.29) is 20.4 Å². The van der Waals surface area contributed by atoms with E-state index in [4.69, 9.17) is 4.74 Å². The van der Waals surface area contributed by atoms with E-state index in [9.17, 15) is 0 Å². The normalized spacial score (nSPS) is 10.1. The number of ether oxygens (including phenoxy) is 1. The SMILES string of the molecule is COc1ccc(-c2[c-]cccc2)c(-c2ccccc2-c2ccccc2)c1.[Pd]. The summed E-state index contributed by atoms with van der Waals surface area (Å²) >= 11 is 0. The first-order chi connectivity index (χ1) is 12.9. The van der Waals surface area contributed by atoms with E-state index in [2.05, 4.69) is 72.8 Å². The van der Waals surface area contributed by atoms with Crippen molar-refractivity contribution in [2.24, 2.45) is 0 Å². The van der Waals surface area contributed by atoms with Crippen LogP contribution in [0.25, 0.3) is 33.4 Å². The Hall–Kier alpha value is -2.66. The Balaban J connectivity index is 0.00000210. The van der Waals surface area contributed by atoms with Gasteiger partial charge in [0, 0.05) is 20.4 Å². The minimum atomic E-state index is 0. The van der Waals surface area contributed by atoms with Gasteiger partial charge in [0.05, 0.1) is 7.11 Å². The second-order valence-corrected chi connectivity index (χ2v) is 6.10. The molecule has 0 unspecified atom stereocenters. The molecule has 0 aliphatic carbocycles. The Morgan fingerprint density at radius 1 is 0.630 bits per heavy atom. The van der Waals surface area contributed by atoms with Gasteiger partial charge in [0.2, 0.25) is 0 Å². The number of benzene rings is 4. The average Bonchev–Trinajstić information content (AvgIpc) is 2.74. The molecule has 136 valence electrons. The molecule has 1 nitrogen and oxygen atoms in total. The van der Waals surface area contributed by atoms with Crippen molar-refractivity contribution in [2.45, 2.75) is 0 Å². The van der Waals surface area contributed by atoms with Crippen LogP contribution in [-0.4, -0.2) is 7.11 Å². The minimum absolute atomic E-state index is 0. The monoisotopic (exact) mass is 441 g/mol. The zero-order valence-electron chi connectivity index (χ0n) is 15.0. The molecule has 0 atom stereocenters. The predicted octanol–water partition coefficient (Wildman–Crippen LogP) is 6.49. The molecule has 0 radical (unpaired) electrons. The molecule has 0 saturated heterocycles. The van der Waals surface area contributed by atoms with Gasteiger partial charge in [0.25, 0.3) is 0 Å². The van der Waals surface area contributed by atoms with E-state index >= 15 is 0 Å². The van der Waals surface area contributed by atoms with Crippen molar-refractivity contribution in [1.29, 1.82) is 0 Å². The van der Waals surface area contributed by atoms with Crippen molar-refractivity contribution in [2.75, 3.05) is 7.11 Å². The van der Waals surface area contributed by atoms with E-state index in [0.29, 0.717) is 0 Å². The Bertz CT molecular complexity index is 1010. The van der Waals surface area contributed by atoms with Gasteiger partial charge in [-0.1, -0.05) is 66.2 Å². The molecule has 0 amide bonds. The van der Waals surface area contributed by atoms with Crippen molar-refractivity contribution in [1.82, 2.24) is 0 Å². The molecular weight excluding hydrogens is 423 g/mol. The van der Waals surface area contributed by atoms with Gasteiger partial charge in [-0.25, -0.2) is 0 Å². The smallest absolute Gasteiger partial charge is 0.117 e. The van der Waals surface area contributed by atoms with E-state index in [1.807, 2.05) is 30.3 Å². The molecule has 0 fully saturated rings. The summed E-state index contributed by atoms with van der Waals surface area (Å²) in [6.07, 6.45) is 0. The Labute approximate surface area is 174 Å². The summed E-state index contributed by atoms with van der Waals surface area (Å²) in [5.74, 6) is 0.850. The van der Waals surface area contributed by atoms with E-state index in [1.54, 1.807) is 7.11 Å². The standard InChI is InChI=1S/C25H19O.Pd/c1-26-21-16-17-23(20-12-6-3-7-13-20)25(18-21)24-15-9-8-14-22(24)19-10-4-2-5-11-19;/h2-12,14-18H,1H3;/q-1;. The number of methoxy groups -OCH3 is 1.